The van der Waals surface area contributed by atoms with Crippen molar-refractivity contribution >= 4 is 17.2 Å². The number of hydrogen-bond acceptors (Lipinski definition) is 5. The maximum atomic E-state index is 12.8. The second-order valence-corrected chi connectivity index (χ2v) is 7.20. The lowest BCUT2D eigenvalue weighted by Gasteiger charge is -2.30. The highest BCUT2D eigenvalue weighted by atomic mass is 32.1. The van der Waals surface area contributed by atoms with E-state index in [1.165, 1.54) is 10.4 Å². The van der Waals surface area contributed by atoms with Crippen LogP contribution in [0, 0.1) is 0 Å². The summed E-state index contributed by atoms with van der Waals surface area (Å²) in [7, 11) is 0. The molecule has 5 nitrogen and oxygen atoms in total. The van der Waals surface area contributed by atoms with Crippen LogP contribution in [-0.2, 0) is 17.8 Å². The largest absolute Gasteiger partial charge is 0.334 e. The van der Waals surface area contributed by atoms with Gasteiger partial charge in [-0.1, -0.05) is 6.07 Å². The minimum Gasteiger partial charge on any atom is -0.334 e. The number of amides is 1. The van der Waals surface area contributed by atoms with Crippen LogP contribution >= 0.6 is 11.3 Å². The van der Waals surface area contributed by atoms with Gasteiger partial charge in [0.25, 0.3) is 0 Å². The first kappa shape index (κ1) is 14.8. The summed E-state index contributed by atoms with van der Waals surface area (Å²) >= 11 is 1.75. The molecule has 0 bridgehead atoms. The van der Waals surface area contributed by atoms with Gasteiger partial charge in [-0.3, -0.25) is 9.69 Å². The van der Waals surface area contributed by atoms with Gasteiger partial charge >= 0.3 is 0 Å². The van der Waals surface area contributed by atoms with E-state index in [9.17, 15) is 4.79 Å². The van der Waals surface area contributed by atoms with Gasteiger partial charge < -0.3 is 4.90 Å². The molecule has 0 radical (unpaired) electrons. The molecular weight excluding hydrogens is 308 g/mol. The third kappa shape index (κ3) is 3.01. The lowest BCUT2D eigenvalue weighted by atomic mass is 10.1. The fourth-order valence-corrected chi connectivity index (χ4v) is 4.44. The number of aromatic nitrogens is 2. The van der Waals surface area contributed by atoms with Crippen LogP contribution in [0.2, 0.25) is 0 Å². The summed E-state index contributed by atoms with van der Waals surface area (Å²) in [6.45, 7) is 3.03. The highest BCUT2D eigenvalue weighted by Crippen LogP contribution is 2.34. The lowest BCUT2D eigenvalue weighted by Crippen LogP contribution is -2.42. The Kier molecular flexibility index (Phi) is 4.10. The van der Waals surface area contributed by atoms with Crippen LogP contribution in [0.3, 0.4) is 0 Å². The summed E-state index contributed by atoms with van der Waals surface area (Å²) in [5.41, 5.74) is 2.28. The average molecular weight is 328 g/mol. The normalized spacial score (nSPS) is 21.4. The Morgan fingerprint density at radius 3 is 3.22 bits per heavy atom. The van der Waals surface area contributed by atoms with E-state index >= 15 is 0 Å². The first-order valence-electron chi connectivity index (χ1n) is 8.14. The van der Waals surface area contributed by atoms with Crippen LogP contribution in [0.25, 0.3) is 0 Å². The molecule has 1 atom stereocenters. The van der Waals surface area contributed by atoms with Crippen LogP contribution in [-0.4, -0.2) is 45.3 Å². The molecule has 23 heavy (non-hydrogen) atoms. The minimum atomic E-state index is 0.249. The molecule has 1 amide bonds. The van der Waals surface area contributed by atoms with Gasteiger partial charge in [0.05, 0.1) is 18.3 Å². The van der Waals surface area contributed by atoms with Gasteiger partial charge in [0.2, 0.25) is 5.91 Å². The SMILES string of the molecule is O=C(CN1CCc2cncnc2C1)N1CCC[C@@H]1c1cccs1. The van der Waals surface area contributed by atoms with E-state index in [1.807, 2.05) is 6.20 Å². The Morgan fingerprint density at radius 2 is 2.35 bits per heavy atom. The number of hydrogen-bond donors (Lipinski definition) is 0. The monoisotopic (exact) mass is 328 g/mol. The molecule has 6 heteroatoms. The molecule has 0 saturated carbocycles. The van der Waals surface area contributed by atoms with E-state index in [1.54, 1.807) is 17.7 Å². The van der Waals surface area contributed by atoms with Crippen molar-refractivity contribution in [2.75, 3.05) is 19.6 Å². The van der Waals surface area contributed by atoms with Gasteiger partial charge in [0.15, 0.2) is 0 Å². The molecule has 1 fully saturated rings. The van der Waals surface area contributed by atoms with E-state index in [0.717, 1.165) is 44.6 Å². The topological polar surface area (TPSA) is 49.3 Å². The van der Waals surface area contributed by atoms with Crippen LogP contribution in [0.15, 0.2) is 30.0 Å². The molecule has 4 rings (SSSR count). The van der Waals surface area contributed by atoms with E-state index in [-0.39, 0.29) is 11.9 Å². The number of carbonyl (C=O) groups excluding carboxylic acids is 1. The van der Waals surface area contributed by atoms with Gasteiger partial charge in [-0.2, -0.15) is 0 Å². The third-order valence-electron chi connectivity index (χ3n) is 4.76. The summed E-state index contributed by atoms with van der Waals surface area (Å²) in [6.07, 6.45) is 6.61. The van der Waals surface area contributed by atoms with Gasteiger partial charge in [-0.15, -0.1) is 11.3 Å². The number of likely N-dealkylation sites (tertiary alicyclic amines) is 1. The highest BCUT2D eigenvalue weighted by molar-refractivity contribution is 7.10. The molecule has 4 heterocycles. The van der Waals surface area contributed by atoms with Crippen molar-refractivity contribution in [3.63, 3.8) is 0 Å². The third-order valence-corrected chi connectivity index (χ3v) is 5.73. The average Bonchev–Trinajstić information content (AvgIpc) is 3.25. The summed E-state index contributed by atoms with van der Waals surface area (Å²) in [5, 5.41) is 2.09. The predicted octanol–water partition coefficient (Wildman–Crippen LogP) is 2.26. The molecule has 2 aliphatic rings. The van der Waals surface area contributed by atoms with Crippen LogP contribution < -0.4 is 0 Å². The second-order valence-electron chi connectivity index (χ2n) is 6.22. The number of thiophene rings is 1. The zero-order valence-corrected chi connectivity index (χ0v) is 13.8. The molecule has 0 N–H and O–H groups in total. The molecule has 120 valence electrons. The van der Waals surface area contributed by atoms with Crippen molar-refractivity contribution in [3.05, 3.63) is 46.2 Å². The van der Waals surface area contributed by atoms with Crippen molar-refractivity contribution in [2.24, 2.45) is 0 Å². The molecule has 2 aromatic rings. The number of rotatable bonds is 3. The number of carbonyl (C=O) groups is 1. The van der Waals surface area contributed by atoms with Crippen molar-refractivity contribution < 1.29 is 4.79 Å². The molecule has 2 aliphatic heterocycles. The fraction of sp³-hybridized carbons (Fsp3) is 0.471. The predicted molar refractivity (Wildman–Crippen MR) is 89.0 cm³/mol. The Hall–Kier alpha value is -1.79. The van der Waals surface area contributed by atoms with E-state index in [0.29, 0.717) is 6.54 Å². The Labute approximate surface area is 140 Å². The van der Waals surface area contributed by atoms with Crippen LogP contribution in [0.5, 0.6) is 0 Å². The summed E-state index contributed by atoms with van der Waals surface area (Å²) in [6, 6.07) is 4.50. The summed E-state index contributed by atoms with van der Waals surface area (Å²) in [4.78, 5) is 26.8. The summed E-state index contributed by atoms with van der Waals surface area (Å²) in [5.74, 6) is 0.249. The summed E-state index contributed by atoms with van der Waals surface area (Å²) < 4.78 is 0. The van der Waals surface area contributed by atoms with Crippen LogP contribution in [0.1, 0.15) is 35.0 Å². The Morgan fingerprint density at radius 1 is 1.39 bits per heavy atom. The second kappa shape index (κ2) is 6.37. The minimum absolute atomic E-state index is 0.249. The fourth-order valence-electron chi connectivity index (χ4n) is 3.56. The van der Waals surface area contributed by atoms with Crippen molar-refractivity contribution in [3.8, 4) is 0 Å². The molecule has 0 spiro atoms. The smallest absolute Gasteiger partial charge is 0.237 e. The molecule has 0 unspecified atom stereocenters. The van der Waals surface area contributed by atoms with E-state index in [4.69, 9.17) is 0 Å². The lowest BCUT2D eigenvalue weighted by molar-refractivity contribution is -0.133. The zero-order valence-electron chi connectivity index (χ0n) is 13.0. The maximum Gasteiger partial charge on any atom is 0.237 e. The maximum absolute atomic E-state index is 12.8. The zero-order chi connectivity index (χ0) is 15.6. The van der Waals surface area contributed by atoms with Crippen molar-refractivity contribution in [1.29, 1.82) is 0 Å². The number of fused-ring (bicyclic) bond motifs is 1. The Balaban J connectivity index is 1.42. The van der Waals surface area contributed by atoms with Crippen molar-refractivity contribution in [2.45, 2.75) is 31.8 Å². The van der Waals surface area contributed by atoms with Gasteiger partial charge in [0.1, 0.15) is 6.33 Å². The number of nitrogens with zero attached hydrogens (tertiary/aromatic N) is 4. The van der Waals surface area contributed by atoms with Gasteiger partial charge in [-0.25, -0.2) is 9.97 Å². The Bertz CT molecular complexity index is 688. The quantitative estimate of drug-likeness (QED) is 0.867. The highest BCUT2D eigenvalue weighted by Gasteiger charge is 2.31. The molecular formula is C17H20N4OS. The molecule has 2 aromatic heterocycles. The molecule has 0 aromatic carbocycles. The van der Waals surface area contributed by atoms with Crippen molar-refractivity contribution in [1.82, 2.24) is 19.8 Å². The van der Waals surface area contributed by atoms with E-state index in [2.05, 4.69) is 37.3 Å². The van der Waals surface area contributed by atoms with E-state index < -0.39 is 0 Å². The molecule has 1 saturated heterocycles. The first-order valence-corrected chi connectivity index (χ1v) is 9.02. The molecule has 0 aliphatic carbocycles. The first-order chi connectivity index (χ1) is 11.3. The van der Waals surface area contributed by atoms with Gasteiger partial charge in [-0.05, 0) is 36.3 Å². The standard InChI is InChI=1S/C17H20N4OS/c22-17(21-6-1-3-15(21)16-4-2-8-23-16)11-20-7-5-13-9-18-12-19-14(13)10-20/h2,4,8-9,12,15H,1,3,5-7,10-11H2/t15-/m1/s1. The van der Waals surface area contributed by atoms with Crippen LogP contribution in [0.4, 0.5) is 0 Å². The van der Waals surface area contributed by atoms with Gasteiger partial charge in [0, 0.05) is 30.7 Å².